The van der Waals surface area contributed by atoms with E-state index >= 15 is 0 Å². The monoisotopic (exact) mass is 314 g/mol. The molecule has 0 unspecified atom stereocenters. The van der Waals surface area contributed by atoms with Gasteiger partial charge in [-0.2, -0.15) is 0 Å². The largest absolute Gasteiger partial charge is 0.480 e. The zero-order valence-corrected chi connectivity index (χ0v) is 14.5. The second-order valence-corrected chi connectivity index (χ2v) is 7.06. The lowest BCUT2D eigenvalue weighted by atomic mass is 9.88. The standard InChI is InChI=1S/C16H30N2O4/c1-7-10(2)13(17-11(3)19)14(20)18-12(15(21)22)8-9-16(4,5)6/h10,12-13H,7-9H2,1-6H3,(H,17,19)(H,18,20)(H,21,22)/t10-,12-,13-/m0/s1. The topological polar surface area (TPSA) is 95.5 Å². The number of carboxylic acids is 1. The Morgan fingerprint density at radius 1 is 1.14 bits per heavy atom. The molecule has 0 fully saturated rings. The quantitative estimate of drug-likeness (QED) is 0.638. The van der Waals surface area contributed by atoms with Gasteiger partial charge in [-0.15, -0.1) is 0 Å². The fraction of sp³-hybridized carbons (Fsp3) is 0.812. The minimum atomic E-state index is -1.05. The molecule has 0 aromatic heterocycles. The van der Waals surface area contributed by atoms with Gasteiger partial charge in [-0.1, -0.05) is 41.0 Å². The molecule has 6 heteroatoms. The maximum Gasteiger partial charge on any atom is 0.326 e. The summed E-state index contributed by atoms with van der Waals surface area (Å²) in [5.74, 6) is -1.86. The Morgan fingerprint density at radius 2 is 1.68 bits per heavy atom. The maximum absolute atomic E-state index is 12.3. The average Bonchev–Trinajstić information content (AvgIpc) is 2.37. The SMILES string of the molecule is CC[C@H](C)[C@H](NC(C)=O)C(=O)N[C@@H](CCC(C)(C)C)C(=O)O. The highest BCUT2D eigenvalue weighted by Crippen LogP contribution is 2.21. The van der Waals surface area contributed by atoms with Gasteiger partial charge >= 0.3 is 5.97 Å². The van der Waals surface area contributed by atoms with Gasteiger partial charge in [0, 0.05) is 6.92 Å². The Labute approximate surface area is 133 Å². The fourth-order valence-electron chi connectivity index (χ4n) is 2.02. The molecule has 0 radical (unpaired) electrons. The second kappa shape index (κ2) is 8.76. The van der Waals surface area contributed by atoms with Gasteiger partial charge in [-0.05, 0) is 24.2 Å². The first-order chi connectivity index (χ1) is 9.97. The van der Waals surface area contributed by atoms with Gasteiger partial charge in [0.15, 0.2) is 0 Å². The zero-order valence-electron chi connectivity index (χ0n) is 14.5. The summed E-state index contributed by atoms with van der Waals surface area (Å²) in [6.07, 6.45) is 1.74. The van der Waals surface area contributed by atoms with Crippen molar-refractivity contribution in [3.63, 3.8) is 0 Å². The molecule has 0 saturated carbocycles. The van der Waals surface area contributed by atoms with E-state index in [-0.39, 0.29) is 17.2 Å². The molecule has 0 bridgehead atoms. The fourth-order valence-corrected chi connectivity index (χ4v) is 2.02. The van der Waals surface area contributed by atoms with E-state index in [0.717, 1.165) is 0 Å². The van der Waals surface area contributed by atoms with Crippen LogP contribution in [0.1, 0.15) is 60.8 Å². The van der Waals surface area contributed by atoms with Gasteiger partial charge in [-0.3, -0.25) is 9.59 Å². The molecule has 2 amide bonds. The molecule has 3 N–H and O–H groups in total. The van der Waals surface area contributed by atoms with Crippen molar-refractivity contribution in [1.82, 2.24) is 10.6 Å². The molecule has 3 atom stereocenters. The van der Waals surface area contributed by atoms with Crippen LogP contribution in [0.5, 0.6) is 0 Å². The van der Waals surface area contributed by atoms with Crippen molar-refractivity contribution in [3.05, 3.63) is 0 Å². The van der Waals surface area contributed by atoms with Crippen molar-refractivity contribution in [1.29, 1.82) is 0 Å². The third-order valence-electron chi connectivity index (χ3n) is 3.65. The smallest absolute Gasteiger partial charge is 0.326 e. The molecule has 0 aliphatic carbocycles. The number of rotatable bonds is 8. The van der Waals surface area contributed by atoms with Crippen LogP contribution in [0.4, 0.5) is 0 Å². The number of carbonyl (C=O) groups is 3. The average molecular weight is 314 g/mol. The van der Waals surface area contributed by atoms with Crippen LogP contribution in [0.2, 0.25) is 0 Å². The number of carbonyl (C=O) groups excluding carboxylic acids is 2. The highest BCUT2D eigenvalue weighted by Gasteiger charge is 2.29. The minimum absolute atomic E-state index is 0.00776. The van der Waals surface area contributed by atoms with Crippen molar-refractivity contribution in [2.75, 3.05) is 0 Å². The van der Waals surface area contributed by atoms with Gasteiger partial charge in [0.1, 0.15) is 12.1 Å². The van der Waals surface area contributed by atoms with E-state index < -0.39 is 24.0 Å². The summed E-state index contributed by atoms with van der Waals surface area (Å²) in [6.45, 7) is 11.2. The molecule has 0 rings (SSSR count). The molecule has 0 aliphatic rings. The molecule has 0 saturated heterocycles. The number of nitrogens with one attached hydrogen (secondary N) is 2. The summed E-state index contributed by atoms with van der Waals surface area (Å²) >= 11 is 0. The normalized spacial score (nSPS) is 15.5. The van der Waals surface area contributed by atoms with E-state index in [4.69, 9.17) is 0 Å². The van der Waals surface area contributed by atoms with Crippen molar-refractivity contribution >= 4 is 17.8 Å². The predicted octanol–water partition coefficient (Wildman–Crippen LogP) is 1.93. The molecule has 22 heavy (non-hydrogen) atoms. The third-order valence-corrected chi connectivity index (χ3v) is 3.65. The van der Waals surface area contributed by atoms with Crippen LogP contribution in [0.15, 0.2) is 0 Å². The van der Waals surface area contributed by atoms with Crippen LogP contribution in [0.25, 0.3) is 0 Å². The zero-order chi connectivity index (χ0) is 17.5. The Morgan fingerprint density at radius 3 is 2.05 bits per heavy atom. The lowest BCUT2D eigenvalue weighted by Crippen LogP contribution is -2.53. The number of hydrogen-bond acceptors (Lipinski definition) is 3. The van der Waals surface area contributed by atoms with Crippen molar-refractivity contribution < 1.29 is 19.5 Å². The second-order valence-electron chi connectivity index (χ2n) is 7.06. The summed E-state index contributed by atoms with van der Waals surface area (Å²) in [6, 6.07) is -1.65. The number of carboxylic acid groups (broad SMARTS) is 1. The lowest BCUT2D eigenvalue weighted by Gasteiger charge is -2.26. The predicted molar refractivity (Wildman–Crippen MR) is 85.3 cm³/mol. The van der Waals surface area contributed by atoms with Crippen molar-refractivity contribution in [3.8, 4) is 0 Å². The summed E-state index contributed by atoms with van der Waals surface area (Å²) in [7, 11) is 0. The molecular weight excluding hydrogens is 284 g/mol. The number of aliphatic carboxylic acids is 1. The summed E-state index contributed by atoms with van der Waals surface area (Å²) in [5.41, 5.74) is -0.00776. The first kappa shape index (κ1) is 20.4. The van der Waals surface area contributed by atoms with Gasteiger partial charge in [-0.25, -0.2) is 4.79 Å². The Balaban J connectivity index is 4.89. The molecule has 6 nitrogen and oxygen atoms in total. The van der Waals surface area contributed by atoms with E-state index in [1.807, 2.05) is 34.6 Å². The Kier molecular flexibility index (Phi) is 8.12. The molecule has 0 aromatic rings. The van der Waals surface area contributed by atoms with Gasteiger partial charge in [0.2, 0.25) is 11.8 Å². The summed E-state index contributed by atoms with van der Waals surface area (Å²) in [4.78, 5) is 34.9. The maximum atomic E-state index is 12.3. The molecular formula is C16H30N2O4. The van der Waals surface area contributed by atoms with E-state index in [1.54, 1.807) is 0 Å². The van der Waals surface area contributed by atoms with Gasteiger partial charge < -0.3 is 15.7 Å². The van der Waals surface area contributed by atoms with Crippen molar-refractivity contribution in [2.45, 2.75) is 72.9 Å². The van der Waals surface area contributed by atoms with Gasteiger partial charge in [0.05, 0.1) is 0 Å². The lowest BCUT2D eigenvalue weighted by molar-refractivity contribution is -0.142. The summed E-state index contributed by atoms with van der Waals surface area (Å²) in [5, 5.41) is 14.4. The molecule has 0 aromatic carbocycles. The van der Waals surface area contributed by atoms with E-state index in [1.165, 1.54) is 6.92 Å². The van der Waals surface area contributed by atoms with E-state index in [2.05, 4.69) is 10.6 Å². The first-order valence-corrected chi connectivity index (χ1v) is 7.78. The first-order valence-electron chi connectivity index (χ1n) is 7.78. The van der Waals surface area contributed by atoms with Crippen LogP contribution in [0, 0.1) is 11.3 Å². The molecule has 128 valence electrons. The van der Waals surface area contributed by atoms with Gasteiger partial charge in [0.25, 0.3) is 0 Å². The Bertz CT molecular complexity index is 401. The van der Waals surface area contributed by atoms with E-state index in [9.17, 15) is 19.5 Å². The van der Waals surface area contributed by atoms with Crippen LogP contribution in [-0.4, -0.2) is 35.0 Å². The van der Waals surface area contributed by atoms with Crippen LogP contribution in [0.3, 0.4) is 0 Å². The minimum Gasteiger partial charge on any atom is -0.480 e. The van der Waals surface area contributed by atoms with Crippen molar-refractivity contribution in [2.24, 2.45) is 11.3 Å². The number of amides is 2. The molecule has 0 aliphatic heterocycles. The number of hydrogen-bond donors (Lipinski definition) is 3. The van der Waals surface area contributed by atoms with Crippen LogP contribution >= 0.6 is 0 Å². The summed E-state index contributed by atoms with van der Waals surface area (Å²) < 4.78 is 0. The molecule has 0 heterocycles. The highest BCUT2D eigenvalue weighted by molar-refractivity contribution is 5.90. The van der Waals surface area contributed by atoms with Crippen LogP contribution < -0.4 is 10.6 Å². The van der Waals surface area contributed by atoms with Crippen LogP contribution in [-0.2, 0) is 14.4 Å². The van der Waals surface area contributed by atoms with E-state index in [0.29, 0.717) is 19.3 Å². The Hall–Kier alpha value is -1.59. The third kappa shape index (κ3) is 8.00. The molecule has 0 spiro atoms. The highest BCUT2D eigenvalue weighted by atomic mass is 16.4.